The number of benzene rings is 1. The normalized spacial score (nSPS) is 24.3. The number of carbonyl (C=O) groups is 1. The maximum absolute atomic E-state index is 12.6. The van der Waals surface area contributed by atoms with Gasteiger partial charge in [-0.25, -0.2) is 4.68 Å². The number of carbonyl (C=O) groups excluding carboxylic acids is 1. The number of nitrogens with zero attached hydrogens (tertiary/aromatic N) is 5. The van der Waals surface area contributed by atoms with Crippen LogP contribution in [0.2, 0.25) is 0 Å². The summed E-state index contributed by atoms with van der Waals surface area (Å²) in [5.74, 6) is 1.47. The number of fused-ring (bicyclic) bond motifs is 1. The van der Waals surface area contributed by atoms with Gasteiger partial charge in [-0.15, -0.1) is 5.10 Å². The highest BCUT2D eigenvalue weighted by Crippen LogP contribution is 2.27. The third kappa shape index (κ3) is 2.37. The van der Waals surface area contributed by atoms with Gasteiger partial charge >= 0.3 is 0 Å². The first-order valence-electron chi connectivity index (χ1n) is 7.64. The van der Waals surface area contributed by atoms with Crippen LogP contribution in [0.4, 0.5) is 0 Å². The largest absolute Gasteiger partial charge is 0.338 e. The molecule has 2 aliphatic rings. The van der Waals surface area contributed by atoms with Crippen LogP contribution in [0.1, 0.15) is 16.8 Å². The predicted molar refractivity (Wildman–Crippen MR) is 79.5 cm³/mol. The molecule has 1 aromatic heterocycles. The lowest BCUT2D eigenvalue weighted by atomic mass is 9.88. The van der Waals surface area contributed by atoms with Gasteiger partial charge < -0.3 is 10.2 Å². The summed E-state index contributed by atoms with van der Waals surface area (Å²) in [6, 6.07) is 7.43. The van der Waals surface area contributed by atoms with E-state index in [4.69, 9.17) is 0 Å². The van der Waals surface area contributed by atoms with E-state index in [0.717, 1.165) is 49.8 Å². The van der Waals surface area contributed by atoms with Gasteiger partial charge in [0.1, 0.15) is 6.33 Å². The smallest absolute Gasteiger partial charge is 0.253 e. The molecule has 7 heteroatoms. The molecule has 1 aromatic carbocycles. The third-order valence-corrected chi connectivity index (χ3v) is 4.72. The predicted octanol–water partition coefficient (Wildman–Crippen LogP) is 0.344. The second kappa shape index (κ2) is 5.49. The Labute approximate surface area is 128 Å². The zero-order valence-corrected chi connectivity index (χ0v) is 12.2. The minimum atomic E-state index is 0.119. The van der Waals surface area contributed by atoms with E-state index in [1.165, 1.54) is 6.33 Å². The number of piperidine rings is 1. The first kappa shape index (κ1) is 13.4. The van der Waals surface area contributed by atoms with Crippen LogP contribution in [-0.2, 0) is 0 Å². The van der Waals surface area contributed by atoms with Gasteiger partial charge in [0.2, 0.25) is 0 Å². The van der Waals surface area contributed by atoms with E-state index in [2.05, 4.69) is 20.8 Å². The number of hydrogen-bond acceptors (Lipinski definition) is 5. The van der Waals surface area contributed by atoms with Crippen LogP contribution >= 0.6 is 0 Å². The van der Waals surface area contributed by atoms with Crippen molar-refractivity contribution in [1.29, 1.82) is 0 Å². The number of amides is 1. The molecule has 0 bridgehead atoms. The molecule has 2 atom stereocenters. The van der Waals surface area contributed by atoms with Crippen LogP contribution in [-0.4, -0.2) is 57.2 Å². The summed E-state index contributed by atoms with van der Waals surface area (Å²) < 4.78 is 1.57. The Morgan fingerprint density at radius 3 is 2.77 bits per heavy atom. The Kier molecular flexibility index (Phi) is 3.34. The van der Waals surface area contributed by atoms with Gasteiger partial charge in [-0.3, -0.25) is 4.79 Å². The van der Waals surface area contributed by atoms with Crippen molar-refractivity contribution < 1.29 is 4.79 Å². The Hall–Kier alpha value is -2.28. The van der Waals surface area contributed by atoms with E-state index >= 15 is 0 Å². The maximum atomic E-state index is 12.6. The first-order chi connectivity index (χ1) is 10.8. The Morgan fingerprint density at radius 1 is 1.18 bits per heavy atom. The molecule has 2 aliphatic heterocycles. The maximum Gasteiger partial charge on any atom is 0.253 e. The topological polar surface area (TPSA) is 75.9 Å². The summed E-state index contributed by atoms with van der Waals surface area (Å²) in [4.78, 5) is 14.6. The van der Waals surface area contributed by atoms with Gasteiger partial charge in [0.05, 0.1) is 5.69 Å². The van der Waals surface area contributed by atoms with Gasteiger partial charge in [0, 0.05) is 18.7 Å². The fourth-order valence-electron chi connectivity index (χ4n) is 3.44. The van der Waals surface area contributed by atoms with Crippen molar-refractivity contribution in [1.82, 2.24) is 30.4 Å². The molecule has 22 heavy (non-hydrogen) atoms. The lowest BCUT2D eigenvalue weighted by molar-refractivity contribution is 0.0642. The summed E-state index contributed by atoms with van der Waals surface area (Å²) in [6.45, 7) is 3.86. The van der Waals surface area contributed by atoms with Gasteiger partial charge in [0.25, 0.3) is 5.91 Å². The average Bonchev–Trinajstić information content (AvgIpc) is 3.25. The molecular formula is C15H18N6O. The molecule has 3 heterocycles. The second-order valence-corrected chi connectivity index (χ2v) is 6.02. The number of likely N-dealkylation sites (tertiary alicyclic amines) is 1. The summed E-state index contributed by atoms with van der Waals surface area (Å²) in [7, 11) is 0. The van der Waals surface area contributed by atoms with Crippen molar-refractivity contribution in [3.05, 3.63) is 36.2 Å². The Bertz CT molecular complexity index is 653. The molecule has 2 saturated heterocycles. The molecule has 7 nitrogen and oxygen atoms in total. The number of tetrazole rings is 1. The molecule has 4 rings (SSSR count). The Morgan fingerprint density at radius 2 is 2.00 bits per heavy atom. The zero-order valence-electron chi connectivity index (χ0n) is 12.2. The van der Waals surface area contributed by atoms with Crippen molar-refractivity contribution in [3.63, 3.8) is 0 Å². The van der Waals surface area contributed by atoms with Crippen molar-refractivity contribution in [2.75, 3.05) is 26.2 Å². The molecule has 0 aliphatic carbocycles. The van der Waals surface area contributed by atoms with Crippen molar-refractivity contribution >= 4 is 5.91 Å². The summed E-state index contributed by atoms with van der Waals surface area (Å²) in [6.07, 6.45) is 2.64. The summed E-state index contributed by atoms with van der Waals surface area (Å²) >= 11 is 0. The van der Waals surface area contributed by atoms with Crippen LogP contribution in [0, 0.1) is 11.8 Å². The Balaban J connectivity index is 1.48. The highest BCUT2D eigenvalue weighted by atomic mass is 16.2. The quantitative estimate of drug-likeness (QED) is 0.865. The van der Waals surface area contributed by atoms with Gasteiger partial charge in [0.15, 0.2) is 0 Å². The minimum Gasteiger partial charge on any atom is -0.338 e. The van der Waals surface area contributed by atoms with Crippen molar-refractivity contribution in [2.24, 2.45) is 11.8 Å². The molecule has 0 radical (unpaired) electrons. The highest BCUT2D eigenvalue weighted by molar-refractivity contribution is 5.94. The zero-order chi connectivity index (χ0) is 14.9. The van der Waals surface area contributed by atoms with E-state index in [1.54, 1.807) is 4.68 Å². The molecule has 0 spiro atoms. The van der Waals surface area contributed by atoms with E-state index in [-0.39, 0.29) is 5.91 Å². The SMILES string of the molecule is O=C(c1ccc(-n2cnnn2)cc1)N1CCC2CNCC2C1. The number of rotatable bonds is 2. The average molecular weight is 298 g/mol. The first-order valence-corrected chi connectivity index (χ1v) is 7.64. The van der Waals surface area contributed by atoms with E-state index in [1.807, 2.05) is 29.2 Å². The van der Waals surface area contributed by atoms with Gasteiger partial charge in [-0.1, -0.05) is 0 Å². The van der Waals surface area contributed by atoms with E-state index in [9.17, 15) is 4.79 Å². The number of aromatic nitrogens is 4. The van der Waals surface area contributed by atoms with Gasteiger partial charge in [-0.2, -0.15) is 0 Å². The minimum absolute atomic E-state index is 0.119. The van der Waals surface area contributed by atoms with E-state index in [0.29, 0.717) is 5.92 Å². The fraction of sp³-hybridized carbons (Fsp3) is 0.467. The molecule has 2 aromatic rings. The number of hydrogen-bond donors (Lipinski definition) is 1. The van der Waals surface area contributed by atoms with Crippen LogP contribution in [0.5, 0.6) is 0 Å². The standard InChI is InChI=1S/C15H18N6O/c22-15(20-6-5-12-7-16-8-13(12)9-20)11-1-3-14(4-2-11)21-10-17-18-19-21/h1-4,10,12-13,16H,5-9H2. The van der Waals surface area contributed by atoms with Crippen LogP contribution in [0.15, 0.2) is 30.6 Å². The van der Waals surface area contributed by atoms with E-state index < -0.39 is 0 Å². The van der Waals surface area contributed by atoms with Crippen LogP contribution in [0.25, 0.3) is 5.69 Å². The molecule has 1 amide bonds. The summed E-state index contributed by atoms with van der Waals surface area (Å²) in [5.41, 5.74) is 1.57. The highest BCUT2D eigenvalue weighted by Gasteiger charge is 2.34. The molecule has 2 unspecified atom stereocenters. The van der Waals surface area contributed by atoms with Crippen LogP contribution < -0.4 is 5.32 Å². The molecule has 2 fully saturated rings. The lowest BCUT2D eigenvalue weighted by Crippen LogP contribution is -2.43. The lowest BCUT2D eigenvalue weighted by Gasteiger charge is -2.34. The molecular weight excluding hydrogens is 280 g/mol. The second-order valence-electron chi connectivity index (χ2n) is 6.02. The monoisotopic (exact) mass is 298 g/mol. The molecule has 0 saturated carbocycles. The third-order valence-electron chi connectivity index (χ3n) is 4.72. The number of nitrogens with one attached hydrogen (secondary N) is 1. The van der Waals surface area contributed by atoms with Crippen molar-refractivity contribution in [2.45, 2.75) is 6.42 Å². The molecule has 114 valence electrons. The van der Waals surface area contributed by atoms with Crippen molar-refractivity contribution in [3.8, 4) is 5.69 Å². The van der Waals surface area contributed by atoms with Crippen LogP contribution in [0.3, 0.4) is 0 Å². The van der Waals surface area contributed by atoms with Gasteiger partial charge in [-0.05, 0) is 66.0 Å². The molecule has 1 N–H and O–H groups in total. The fourth-order valence-corrected chi connectivity index (χ4v) is 3.44. The summed E-state index contributed by atoms with van der Waals surface area (Å²) in [5, 5.41) is 14.5.